The zero-order chi connectivity index (χ0) is 28.7. The molecule has 1 aliphatic rings. The first-order chi connectivity index (χ1) is 18.5. The third kappa shape index (κ3) is 14.0. The second kappa shape index (κ2) is 16.7. The molecule has 1 aromatic rings. The summed E-state index contributed by atoms with van der Waals surface area (Å²) in [7, 11) is -3.86. The molecule has 222 valence electrons. The van der Waals surface area contributed by atoms with Crippen LogP contribution in [0, 0.1) is 10.1 Å². The van der Waals surface area contributed by atoms with Gasteiger partial charge in [-0.1, -0.05) is 6.07 Å². The van der Waals surface area contributed by atoms with Crippen molar-refractivity contribution in [1.29, 1.82) is 0 Å². The van der Waals surface area contributed by atoms with Crippen LogP contribution in [0.15, 0.2) is 18.2 Å². The number of nitrogens with zero attached hydrogens (tertiary/aromatic N) is 1. The summed E-state index contributed by atoms with van der Waals surface area (Å²) in [4.78, 5) is 22.5. The van der Waals surface area contributed by atoms with Gasteiger partial charge in [0.25, 0.3) is 5.69 Å². The Kier molecular flexibility index (Phi) is 14.0. The fourth-order valence-electron chi connectivity index (χ4n) is 3.64. The molecular weight excluding hydrogens is 536 g/mol. The summed E-state index contributed by atoms with van der Waals surface area (Å²) in [6, 6.07) is 4.59. The van der Waals surface area contributed by atoms with Crippen LogP contribution in [-0.4, -0.2) is 96.7 Å². The monoisotopic (exact) mass is 576 g/mol. The lowest BCUT2D eigenvalue weighted by atomic mass is 9.91. The van der Waals surface area contributed by atoms with Crippen LogP contribution in [0.2, 0.25) is 0 Å². The number of nitrogens with one attached hydrogen (secondary N) is 1. The molecule has 0 saturated carbocycles. The number of carbonyl (C=O) groups is 1. The van der Waals surface area contributed by atoms with Gasteiger partial charge >= 0.3 is 5.97 Å². The van der Waals surface area contributed by atoms with E-state index in [4.69, 9.17) is 28.4 Å². The third-order valence-electron chi connectivity index (χ3n) is 5.43. The van der Waals surface area contributed by atoms with E-state index in [0.29, 0.717) is 33.0 Å². The highest BCUT2D eigenvalue weighted by Crippen LogP contribution is 2.33. The summed E-state index contributed by atoms with van der Waals surface area (Å²) < 4.78 is 58.8. The largest absolute Gasteiger partial charge is 0.458 e. The van der Waals surface area contributed by atoms with E-state index >= 15 is 0 Å². The Balaban J connectivity index is 1.56. The number of sulfonamides is 1. The van der Waals surface area contributed by atoms with Crippen LogP contribution in [0.3, 0.4) is 0 Å². The van der Waals surface area contributed by atoms with Gasteiger partial charge in [-0.15, -0.1) is 0 Å². The highest BCUT2D eigenvalue weighted by molar-refractivity contribution is 7.92. The Hall–Kier alpha value is -2.36. The standard InChI is InChI=1S/C25H40N2O11S/c1-25(2,3)38-24(28)19-37-15-14-35-11-10-34-12-13-36-16-17-39(31,32)26-22-5-4-21(18-23(22)27(29)30)20-6-8-33-9-7-20/h4-5,18,20,26H,6-17,19H2,1-3H3. The van der Waals surface area contributed by atoms with Crippen LogP contribution in [0.5, 0.6) is 0 Å². The van der Waals surface area contributed by atoms with Gasteiger partial charge < -0.3 is 28.4 Å². The van der Waals surface area contributed by atoms with Crippen molar-refractivity contribution in [2.75, 3.05) is 76.5 Å². The summed E-state index contributed by atoms with van der Waals surface area (Å²) in [6.07, 6.45) is 1.53. The van der Waals surface area contributed by atoms with E-state index in [1.165, 1.54) is 12.1 Å². The first-order valence-electron chi connectivity index (χ1n) is 12.9. The van der Waals surface area contributed by atoms with E-state index in [2.05, 4.69) is 4.72 Å². The lowest BCUT2D eigenvalue weighted by molar-refractivity contribution is -0.384. The van der Waals surface area contributed by atoms with Crippen LogP contribution in [-0.2, 0) is 43.2 Å². The highest BCUT2D eigenvalue weighted by atomic mass is 32.2. The Morgan fingerprint density at radius 3 is 2.13 bits per heavy atom. The Morgan fingerprint density at radius 2 is 1.56 bits per heavy atom. The molecule has 0 unspecified atom stereocenters. The van der Waals surface area contributed by atoms with Gasteiger partial charge in [0.15, 0.2) is 0 Å². The lowest BCUT2D eigenvalue weighted by Crippen LogP contribution is -2.27. The van der Waals surface area contributed by atoms with Crippen LogP contribution in [0.1, 0.15) is 45.1 Å². The molecule has 14 heteroatoms. The van der Waals surface area contributed by atoms with Crippen molar-refractivity contribution in [3.05, 3.63) is 33.9 Å². The summed E-state index contributed by atoms with van der Waals surface area (Å²) >= 11 is 0. The van der Waals surface area contributed by atoms with Crippen molar-refractivity contribution in [3.63, 3.8) is 0 Å². The second-order valence-electron chi connectivity index (χ2n) is 9.82. The molecule has 1 N–H and O–H groups in total. The van der Waals surface area contributed by atoms with Crippen molar-refractivity contribution in [2.24, 2.45) is 0 Å². The molecule has 0 radical (unpaired) electrons. The Morgan fingerprint density at radius 1 is 1.00 bits per heavy atom. The number of carbonyl (C=O) groups excluding carboxylic acids is 1. The van der Waals surface area contributed by atoms with Crippen molar-refractivity contribution < 1.29 is 46.6 Å². The van der Waals surface area contributed by atoms with Crippen LogP contribution < -0.4 is 4.72 Å². The second-order valence-corrected chi connectivity index (χ2v) is 11.7. The van der Waals surface area contributed by atoms with E-state index in [1.807, 2.05) is 0 Å². The first-order valence-corrected chi connectivity index (χ1v) is 14.5. The molecule has 0 bridgehead atoms. The number of esters is 1. The average Bonchev–Trinajstić information content (AvgIpc) is 2.86. The molecule has 2 rings (SSSR count). The quantitative estimate of drug-likeness (QED) is 0.118. The zero-order valence-electron chi connectivity index (χ0n) is 22.8. The fourth-order valence-corrected chi connectivity index (χ4v) is 4.59. The van der Waals surface area contributed by atoms with Gasteiger partial charge in [0.05, 0.1) is 56.9 Å². The van der Waals surface area contributed by atoms with E-state index in [-0.39, 0.29) is 56.1 Å². The topological polar surface area (TPSA) is 162 Å². The molecule has 0 atom stereocenters. The molecule has 13 nitrogen and oxygen atoms in total. The summed E-state index contributed by atoms with van der Waals surface area (Å²) in [6.45, 7) is 7.88. The van der Waals surface area contributed by atoms with E-state index in [1.54, 1.807) is 26.8 Å². The van der Waals surface area contributed by atoms with Gasteiger partial charge in [-0.2, -0.15) is 0 Å². The Labute approximate surface area is 229 Å². The molecule has 0 aromatic heterocycles. The van der Waals surface area contributed by atoms with Gasteiger partial charge in [0.2, 0.25) is 10.0 Å². The minimum Gasteiger partial charge on any atom is -0.458 e. The predicted molar refractivity (Wildman–Crippen MR) is 142 cm³/mol. The van der Waals surface area contributed by atoms with Crippen molar-refractivity contribution >= 4 is 27.4 Å². The van der Waals surface area contributed by atoms with Gasteiger partial charge in [0, 0.05) is 19.3 Å². The lowest BCUT2D eigenvalue weighted by Gasteiger charge is -2.22. The minimum atomic E-state index is -3.86. The maximum Gasteiger partial charge on any atom is 0.332 e. The molecule has 1 aliphatic heterocycles. The van der Waals surface area contributed by atoms with Gasteiger partial charge in [-0.05, 0) is 51.2 Å². The number of anilines is 1. The molecule has 1 aromatic carbocycles. The smallest absolute Gasteiger partial charge is 0.332 e. The first kappa shape index (κ1) is 32.8. The highest BCUT2D eigenvalue weighted by Gasteiger charge is 2.23. The number of hydrogen-bond donors (Lipinski definition) is 1. The third-order valence-corrected chi connectivity index (χ3v) is 6.66. The number of nitro benzene ring substituents is 1. The van der Waals surface area contributed by atoms with Gasteiger partial charge in [-0.25, -0.2) is 13.2 Å². The average molecular weight is 577 g/mol. The van der Waals surface area contributed by atoms with Crippen molar-refractivity contribution in [1.82, 2.24) is 0 Å². The number of rotatable bonds is 18. The van der Waals surface area contributed by atoms with Gasteiger partial charge in [-0.3, -0.25) is 14.8 Å². The molecule has 39 heavy (non-hydrogen) atoms. The number of nitro groups is 1. The number of hydrogen-bond acceptors (Lipinski definition) is 11. The van der Waals surface area contributed by atoms with E-state index < -0.39 is 26.5 Å². The predicted octanol–water partition coefficient (Wildman–Crippen LogP) is 2.64. The number of ether oxygens (including phenoxy) is 6. The van der Waals surface area contributed by atoms with Crippen LogP contribution >= 0.6 is 0 Å². The number of benzene rings is 1. The summed E-state index contributed by atoms with van der Waals surface area (Å²) in [5.41, 5.74) is -0.111. The maximum absolute atomic E-state index is 12.4. The zero-order valence-corrected chi connectivity index (χ0v) is 23.7. The van der Waals surface area contributed by atoms with Crippen LogP contribution in [0.25, 0.3) is 0 Å². The molecule has 0 spiro atoms. The Bertz CT molecular complexity index is 1010. The van der Waals surface area contributed by atoms with E-state index in [0.717, 1.165) is 18.4 Å². The molecular formula is C25H40N2O11S. The molecule has 1 fully saturated rings. The molecule has 0 aliphatic carbocycles. The fraction of sp³-hybridized carbons (Fsp3) is 0.720. The summed E-state index contributed by atoms with van der Waals surface area (Å²) in [5, 5.41) is 11.6. The molecule has 0 amide bonds. The normalized spacial score (nSPS) is 14.7. The van der Waals surface area contributed by atoms with Gasteiger partial charge in [0.1, 0.15) is 17.9 Å². The van der Waals surface area contributed by atoms with Crippen molar-refractivity contribution in [2.45, 2.75) is 45.1 Å². The van der Waals surface area contributed by atoms with Crippen LogP contribution in [0.4, 0.5) is 11.4 Å². The van der Waals surface area contributed by atoms with E-state index in [9.17, 15) is 23.3 Å². The minimum absolute atomic E-state index is 0.0746. The van der Waals surface area contributed by atoms with Crippen molar-refractivity contribution in [3.8, 4) is 0 Å². The molecule has 1 heterocycles. The SMILES string of the molecule is CC(C)(C)OC(=O)COCCOCCOCCOCCS(=O)(=O)Nc1ccc(C2CCOCC2)cc1[N+](=O)[O-]. The molecule has 1 saturated heterocycles. The summed E-state index contributed by atoms with van der Waals surface area (Å²) in [5.74, 6) is -0.649. The maximum atomic E-state index is 12.4.